The minimum atomic E-state index is -0.102. The van der Waals surface area contributed by atoms with Crippen LogP contribution in [0.3, 0.4) is 0 Å². The summed E-state index contributed by atoms with van der Waals surface area (Å²) < 4.78 is 0.777. The lowest BCUT2D eigenvalue weighted by Gasteiger charge is -2.19. The van der Waals surface area contributed by atoms with Crippen molar-refractivity contribution in [3.63, 3.8) is 0 Å². The summed E-state index contributed by atoms with van der Waals surface area (Å²) in [5.41, 5.74) is -0.0707. The summed E-state index contributed by atoms with van der Waals surface area (Å²) in [6.07, 6.45) is 1.64. The Morgan fingerprint density at radius 3 is 2.75 bits per heavy atom. The van der Waals surface area contributed by atoms with Crippen LogP contribution in [0, 0.1) is 0 Å². The molecule has 1 aromatic rings. The van der Waals surface area contributed by atoms with E-state index in [-0.39, 0.29) is 18.0 Å². The van der Waals surface area contributed by atoms with Crippen LogP contribution in [0.2, 0.25) is 0 Å². The lowest BCUT2D eigenvalue weighted by molar-refractivity contribution is -0.115. The molecule has 0 spiro atoms. The molecule has 2 N–H and O–H groups in total. The lowest BCUT2D eigenvalue weighted by atomic mass is 10.1. The van der Waals surface area contributed by atoms with Gasteiger partial charge in [0, 0.05) is 11.7 Å². The van der Waals surface area contributed by atoms with Crippen molar-refractivity contribution in [2.75, 3.05) is 11.9 Å². The van der Waals surface area contributed by atoms with Crippen molar-refractivity contribution in [2.45, 2.75) is 26.3 Å². The van der Waals surface area contributed by atoms with Gasteiger partial charge in [-0.15, -0.1) is 0 Å². The maximum atomic E-state index is 11.6. The van der Waals surface area contributed by atoms with Crippen LogP contribution in [0.1, 0.15) is 20.8 Å². The highest BCUT2D eigenvalue weighted by Crippen LogP contribution is 2.17. The molecular formula is C11H16BrN3O. The maximum absolute atomic E-state index is 11.6. The maximum Gasteiger partial charge on any atom is 0.239 e. The average molecular weight is 286 g/mol. The quantitative estimate of drug-likeness (QED) is 0.895. The number of amides is 1. The van der Waals surface area contributed by atoms with Gasteiger partial charge in [-0.3, -0.25) is 4.79 Å². The second kappa shape index (κ2) is 5.41. The third kappa shape index (κ3) is 4.72. The number of halogens is 1. The van der Waals surface area contributed by atoms with Crippen LogP contribution in [0.4, 0.5) is 5.82 Å². The van der Waals surface area contributed by atoms with E-state index in [2.05, 4.69) is 31.5 Å². The summed E-state index contributed by atoms with van der Waals surface area (Å²) in [5, 5.41) is 5.83. The van der Waals surface area contributed by atoms with Gasteiger partial charge in [0.2, 0.25) is 5.91 Å². The van der Waals surface area contributed by atoms with Gasteiger partial charge in [-0.2, -0.15) is 0 Å². The van der Waals surface area contributed by atoms with Crippen LogP contribution >= 0.6 is 15.9 Å². The van der Waals surface area contributed by atoms with E-state index < -0.39 is 0 Å². The molecule has 0 saturated heterocycles. The van der Waals surface area contributed by atoms with Gasteiger partial charge in [0.25, 0.3) is 0 Å². The molecule has 0 fully saturated rings. The average Bonchev–Trinajstić information content (AvgIpc) is 2.18. The fourth-order valence-corrected chi connectivity index (χ4v) is 1.35. The van der Waals surface area contributed by atoms with Crippen molar-refractivity contribution in [1.82, 2.24) is 10.3 Å². The molecule has 1 aromatic heterocycles. The number of anilines is 1. The number of hydrogen-bond acceptors (Lipinski definition) is 3. The molecule has 88 valence electrons. The molecule has 0 atom stereocenters. The van der Waals surface area contributed by atoms with E-state index in [0.29, 0.717) is 5.82 Å². The molecule has 1 heterocycles. The number of carbonyl (C=O) groups is 1. The first-order valence-corrected chi connectivity index (χ1v) is 5.83. The molecule has 0 saturated carbocycles. The summed E-state index contributed by atoms with van der Waals surface area (Å²) >= 11 is 3.32. The second-order valence-corrected chi connectivity index (χ2v) is 5.34. The second-order valence-electron chi connectivity index (χ2n) is 4.49. The van der Waals surface area contributed by atoms with Gasteiger partial charge < -0.3 is 10.6 Å². The number of hydrogen-bond donors (Lipinski definition) is 2. The highest BCUT2D eigenvalue weighted by atomic mass is 79.9. The minimum Gasteiger partial charge on any atom is -0.309 e. The van der Waals surface area contributed by atoms with E-state index in [1.54, 1.807) is 12.3 Å². The number of pyridine rings is 1. The number of aromatic nitrogens is 1. The third-order valence-electron chi connectivity index (χ3n) is 1.80. The summed E-state index contributed by atoms with van der Waals surface area (Å²) in [4.78, 5) is 15.6. The van der Waals surface area contributed by atoms with Crippen LogP contribution < -0.4 is 10.6 Å². The SMILES string of the molecule is CC(C)(C)NCC(=O)Nc1ncccc1Br. The molecule has 5 heteroatoms. The largest absolute Gasteiger partial charge is 0.309 e. The fraction of sp³-hybridized carbons (Fsp3) is 0.455. The standard InChI is InChI=1S/C11H16BrN3O/c1-11(2,3)14-7-9(16)15-10-8(12)5-4-6-13-10/h4-6,14H,7H2,1-3H3,(H,13,15,16). The number of nitrogens with one attached hydrogen (secondary N) is 2. The van der Waals surface area contributed by atoms with Gasteiger partial charge in [0.05, 0.1) is 11.0 Å². The van der Waals surface area contributed by atoms with Crippen LogP contribution in [-0.4, -0.2) is 23.0 Å². The Kier molecular flexibility index (Phi) is 4.44. The number of carbonyl (C=O) groups excluding carboxylic acids is 1. The monoisotopic (exact) mass is 285 g/mol. The molecule has 0 unspecified atom stereocenters. The predicted octanol–water partition coefficient (Wildman–Crippen LogP) is 2.17. The molecule has 0 aliphatic carbocycles. The van der Waals surface area contributed by atoms with E-state index in [1.807, 2.05) is 26.8 Å². The topological polar surface area (TPSA) is 54.0 Å². The molecule has 0 aromatic carbocycles. The van der Waals surface area contributed by atoms with Crippen molar-refractivity contribution in [3.05, 3.63) is 22.8 Å². The van der Waals surface area contributed by atoms with E-state index >= 15 is 0 Å². The highest BCUT2D eigenvalue weighted by Gasteiger charge is 2.12. The first kappa shape index (κ1) is 13.1. The molecule has 1 rings (SSSR count). The van der Waals surface area contributed by atoms with Crippen LogP contribution in [0.15, 0.2) is 22.8 Å². The van der Waals surface area contributed by atoms with Crippen molar-refractivity contribution in [2.24, 2.45) is 0 Å². The summed E-state index contributed by atoms with van der Waals surface area (Å²) in [6, 6.07) is 3.63. The van der Waals surface area contributed by atoms with Gasteiger partial charge in [0.1, 0.15) is 5.82 Å². The summed E-state index contributed by atoms with van der Waals surface area (Å²) in [6.45, 7) is 6.30. The zero-order valence-corrected chi connectivity index (χ0v) is 11.3. The first-order chi connectivity index (χ1) is 7.38. The number of nitrogens with zero attached hydrogens (tertiary/aromatic N) is 1. The summed E-state index contributed by atoms with van der Waals surface area (Å²) in [5.74, 6) is 0.442. The van der Waals surface area contributed by atoms with E-state index in [9.17, 15) is 4.79 Å². The minimum absolute atomic E-state index is 0.0707. The van der Waals surface area contributed by atoms with Gasteiger partial charge in [0.15, 0.2) is 0 Å². The van der Waals surface area contributed by atoms with Gasteiger partial charge in [-0.05, 0) is 48.8 Å². The van der Waals surface area contributed by atoms with Crippen LogP contribution in [-0.2, 0) is 4.79 Å². The Bertz CT molecular complexity index is 374. The van der Waals surface area contributed by atoms with Gasteiger partial charge >= 0.3 is 0 Å². The highest BCUT2D eigenvalue weighted by molar-refractivity contribution is 9.10. The molecule has 16 heavy (non-hydrogen) atoms. The smallest absolute Gasteiger partial charge is 0.239 e. The first-order valence-electron chi connectivity index (χ1n) is 5.04. The van der Waals surface area contributed by atoms with Gasteiger partial charge in [-0.25, -0.2) is 4.98 Å². The summed E-state index contributed by atoms with van der Waals surface area (Å²) in [7, 11) is 0. The van der Waals surface area contributed by atoms with E-state index in [1.165, 1.54) is 0 Å². The fourth-order valence-electron chi connectivity index (χ4n) is 0.999. The molecule has 0 radical (unpaired) electrons. The number of rotatable bonds is 3. The van der Waals surface area contributed by atoms with E-state index in [4.69, 9.17) is 0 Å². The Morgan fingerprint density at radius 2 is 2.19 bits per heavy atom. The Balaban J connectivity index is 2.50. The molecule has 0 bridgehead atoms. The molecule has 0 aliphatic heterocycles. The lowest BCUT2D eigenvalue weighted by Crippen LogP contribution is -2.41. The Labute approximate surface area is 104 Å². The molecule has 4 nitrogen and oxygen atoms in total. The van der Waals surface area contributed by atoms with Crippen molar-refractivity contribution in [3.8, 4) is 0 Å². The Hall–Kier alpha value is -0.940. The Morgan fingerprint density at radius 1 is 1.50 bits per heavy atom. The van der Waals surface area contributed by atoms with Crippen LogP contribution in [0.25, 0.3) is 0 Å². The van der Waals surface area contributed by atoms with Crippen molar-refractivity contribution < 1.29 is 4.79 Å². The predicted molar refractivity (Wildman–Crippen MR) is 68.3 cm³/mol. The zero-order valence-electron chi connectivity index (χ0n) is 9.67. The normalized spacial score (nSPS) is 11.2. The molecule has 0 aliphatic rings. The van der Waals surface area contributed by atoms with Gasteiger partial charge in [-0.1, -0.05) is 0 Å². The van der Waals surface area contributed by atoms with Crippen molar-refractivity contribution in [1.29, 1.82) is 0 Å². The molecule has 1 amide bonds. The third-order valence-corrected chi connectivity index (χ3v) is 2.44. The van der Waals surface area contributed by atoms with E-state index in [0.717, 1.165) is 4.47 Å². The van der Waals surface area contributed by atoms with Crippen molar-refractivity contribution >= 4 is 27.7 Å². The molecular weight excluding hydrogens is 270 g/mol. The zero-order chi connectivity index (χ0) is 12.2. The van der Waals surface area contributed by atoms with Crippen LogP contribution in [0.5, 0.6) is 0 Å².